The SMILES string of the molecule is CCCn1ncnc1CC(CO)(CO)C(C)C. The molecule has 1 aromatic rings. The van der Waals surface area contributed by atoms with Crippen molar-refractivity contribution in [3.8, 4) is 0 Å². The Morgan fingerprint density at radius 2 is 2.00 bits per heavy atom. The molecule has 0 aliphatic heterocycles. The number of rotatable bonds is 7. The van der Waals surface area contributed by atoms with E-state index >= 15 is 0 Å². The van der Waals surface area contributed by atoms with Gasteiger partial charge in [-0.3, -0.25) is 4.68 Å². The van der Waals surface area contributed by atoms with Crippen LogP contribution in [0.15, 0.2) is 6.33 Å². The van der Waals surface area contributed by atoms with Gasteiger partial charge >= 0.3 is 0 Å². The minimum Gasteiger partial charge on any atom is -0.396 e. The van der Waals surface area contributed by atoms with Crippen LogP contribution in [-0.2, 0) is 13.0 Å². The second kappa shape index (κ2) is 6.12. The molecule has 0 bridgehead atoms. The molecule has 5 nitrogen and oxygen atoms in total. The first-order chi connectivity index (χ1) is 8.09. The lowest BCUT2D eigenvalue weighted by atomic mass is 9.75. The molecule has 98 valence electrons. The normalized spacial score (nSPS) is 12.4. The van der Waals surface area contributed by atoms with Crippen LogP contribution in [0.1, 0.15) is 33.0 Å². The fraction of sp³-hybridized carbons (Fsp3) is 0.833. The summed E-state index contributed by atoms with van der Waals surface area (Å²) in [7, 11) is 0. The molecule has 0 saturated carbocycles. The third kappa shape index (κ3) is 3.04. The van der Waals surface area contributed by atoms with Crippen LogP contribution in [0.2, 0.25) is 0 Å². The molecule has 0 fully saturated rings. The largest absolute Gasteiger partial charge is 0.396 e. The van der Waals surface area contributed by atoms with Gasteiger partial charge in [0.2, 0.25) is 0 Å². The van der Waals surface area contributed by atoms with Crippen LogP contribution >= 0.6 is 0 Å². The van der Waals surface area contributed by atoms with E-state index in [4.69, 9.17) is 0 Å². The number of hydrogen-bond acceptors (Lipinski definition) is 4. The van der Waals surface area contributed by atoms with E-state index < -0.39 is 5.41 Å². The number of hydrogen-bond donors (Lipinski definition) is 2. The highest BCUT2D eigenvalue weighted by Crippen LogP contribution is 2.30. The van der Waals surface area contributed by atoms with Crippen molar-refractivity contribution in [1.29, 1.82) is 0 Å². The van der Waals surface area contributed by atoms with E-state index in [0.29, 0.717) is 6.42 Å². The van der Waals surface area contributed by atoms with Crippen molar-refractivity contribution in [2.45, 2.75) is 40.2 Å². The van der Waals surface area contributed by atoms with Gasteiger partial charge in [-0.25, -0.2) is 4.98 Å². The highest BCUT2D eigenvalue weighted by atomic mass is 16.3. The van der Waals surface area contributed by atoms with E-state index in [9.17, 15) is 10.2 Å². The van der Waals surface area contributed by atoms with Crippen LogP contribution in [-0.4, -0.2) is 38.2 Å². The van der Waals surface area contributed by atoms with Crippen LogP contribution in [0.3, 0.4) is 0 Å². The molecule has 0 atom stereocenters. The third-order valence-corrected chi connectivity index (χ3v) is 3.50. The summed E-state index contributed by atoms with van der Waals surface area (Å²) in [4.78, 5) is 4.23. The Bertz CT molecular complexity index is 332. The Morgan fingerprint density at radius 3 is 2.47 bits per heavy atom. The second-order valence-electron chi connectivity index (χ2n) is 4.91. The first-order valence-electron chi connectivity index (χ1n) is 6.18. The predicted octanol–water partition coefficient (Wildman–Crippen LogP) is 0.858. The lowest BCUT2D eigenvalue weighted by Crippen LogP contribution is -2.38. The number of nitrogens with zero attached hydrogens (tertiary/aromatic N) is 3. The van der Waals surface area contributed by atoms with E-state index in [1.54, 1.807) is 0 Å². The highest BCUT2D eigenvalue weighted by molar-refractivity contribution is 4.95. The molecule has 0 saturated heterocycles. The lowest BCUT2D eigenvalue weighted by Gasteiger charge is -2.33. The van der Waals surface area contributed by atoms with Gasteiger partial charge in [0.15, 0.2) is 0 Å². The molecule has 0 aliphatic rings. The zero-order valence-corrected chi connectivity index (χ0v) is 10.9. The molecule has 1 heterocycles. The van der Waals surface area contributed by atoms with E-state index in [-0.39, 0.29) is 19.1 Å². The summed E-state index contributed by atoms with van der Waals surface area (Å²) < 4.78 is 1.85. The molecule has 0 aromatic carbocycles. The van der Waals surface area contributed by atoms with E-state index in [2.05, 4.69) is 17.0 Å². The third-order valence-electron chi connectivity index (χ3n) is 3.50. The van der Waals surface area contributed by atoms with Crippen LogP contribution in [0.4, 0.5) is 0 Å². The maximum Gasteiger partial charge on any atom is 0.138 e. The van der Waals surface area contributed by atoms with Crippen LogP contribution < -0.4 is 0 Å². The Labute approximate surface area is 102 Å². The van der Waals surface area contributed by atoms with E-state index in [0.717, 1.165) is 18.8 Å². The molecule has 0 spiro atoms. The summed E-state index contributed by atoms with van der Waals surface area (Å²) in [6, 6.07) is 0. The summed E-state index contributed by atoms with van der Waals surface area (Å²) in [5, 5.41) is 23.3. The summed E-state index contributed by atoms with van der Waals surface area (Å²) in [6.07, 6.45) is 3.08. The average molecular weight is 241 g/mol. The van der Waals surface area contributed by atoms with Crippen molar-refractivity contribution >= 4 is 0 Å². The molecule has 0 aliphatic carbocycles. The highest BCUT2D eigenvalue weighted by Gasteiger charge is 2.34. The van der Waals surface area contributed by atoms with Crippen LogP contribution in [0, 0.1) is 11.3 Å². The van der Waals surface area contributed by atoms with Crippen LogP contribution in [0.25, 0.3) is 0 Å². The molecule has 5 heteroatoms. The fourth-order valence-corrected chi connectivity index (χ4v) is 1.87. The first kappa shape index (κ1) is 14.1. The molecule has 1 aromatic heterocycles. The summed E-state index contributed by atoms with van der Waals surface area (Å²) in [5.74, 6) is 1.02. The monoisotopic (exact) mass is 241 g/mol. The lowest BCUT2D eigenvalue weighted by molar-refractivity contribution is 0.0139. The standard InChI is InChI=1S/C12H23N3O2/c1-4-5-15-11(13-9-14-15)6-12(7-16,8-17)10(2)3/h9-10,16-17H,4-8H2,1-3H3. The van der Waals surface area contributed by atoms with Gasteiger partial charge in [-0.05, 0) is 12.3 Å². The van der Waals surface area contributed by atoms with Crippen LogP contribution in [0.5, 0.6) is 0 Å². The topological polar surface area (TPSA) is 71.2 Å². The molecule has 17 heavy (non-hydrogen) atoms. The first-order valence-corrected chi connectivity index (χ1v) is 6.18. The van der Waals surface area contributed by atoms with Crippen molar-refractivity contribution in [3.05, 3.63) is 12.2 Å². The quantitative estimate of drug-likeness (QED) is 0.742. The summed E-state index contributed by atoms with van der Waals surface area (Å²) >= 11 is 0. The second-order valence-corrected chi connectivity index (χ2v) is 4.91. The van der Waals surface area contributed by atoms with Gasteiger partial charge in [0.05, 0.1) is 13.2 Å². The summed E-state index contributed by atoms with van der Waals surface area (Å²) in [6.45, 7) is 6.83. The predicted molar refractivity (Wildman–Crippen MR) is 65.5 cm³/mol. The van der Waals surface area contributed by atoms with Crippen molar-refractivity contribution < 1.29 is 10.2 Å². The Kier molecular flexibility index (Phi) is 5.08. The van der Waals surface area contributed by atoms with Crippen molar-refractivity contribution in [2.24, 2.45) is 11.3 Å². The molecule has 1 rings (SSSR count). The van der Waals surface area contributed by atoms with Crippen molar-refractivity contribution in [3.63, 3.8) is 0 Å². The molecule has 0 radical (unpaired) electrons. The van der Waals surface area contributed by atoms with Crippen molar-refractivity contribution in [2.75, 3.05) is 13.2 Å². The molecule has 0 amide bonds. The number of aliphatic hydroxyl groups is 2. The number of aryl methyl sites for hydroxylation is 1. The van der Waals surface area contributed by atoms with Gasteiger partial charge in [-0.2, -0.15) is 5.10 Å². The zero-order valence-electron chi connectivity index (χ0n) is 10.9. The van der Waals surface area contributed by atoms with Gasteiger partial charge in [-0.15, -0.1) is 0 Å². The van der Waals surface area contributed by atoms with E-state index in [1.165, 1.54) is 6.33 Å². The number of aromatic nitrogens is 3. The Balaban J connectivity index is 2.89. The van der Waals surface area contributed by atoms with Gasteiger partial charge in [0.25, 0.3) is 0 Å². The van der Waals surface area contributed by atoms with Gasteiger partial charge in [0, 0.05) is 18.4 Å². The maximum absolute atomic E-state index is 9.55. The number of aliphatic hydroxyl groups excluding tert-OH is 2. The van der Waals surface area contributed by atoms with Gasteiger partial charge in [0.1, 0.15) is 12.2 Å². The summed E-state index contributed by atoms with van der Waals surface area (Å²) in [5.41, 5.74) is -0.515. The molecule has 2 N–H and O–H groups in total. The van der Waals surface area contributed by atoms with E-state index in [1.807, 2.05) is 18.5 Å². The minimum absolute atomic E-state index is 0.0415. The van der Waals surface area contributed by atoms with Gasteiger partial charge in [-0.1, -0.05) is 20.8 Å². The molecular formula is C12H23N3O2. The smallest absolute Gasteiger partial charge is 0.138 e. The van der Waals surface area contributed by atoms with Crippen molar-refractivity contribution in [1.82, 2.24) is 14.8 Å². The van der Waals surface area contributed by atoms with Gasteiger partial charge < -0.3 is 10.2 Å². The zero-order chi connectivity index (χ0) is 12.9. The maximum atomic E-state index is 9.55. The fourth-order valence-electron chi connectivity index (χ4n) is 1.87. The Morgan fingerprint density at radius 1 is 1.35 bits per heavy atom. The average Bonchev–Trinajstić information content (AvgIpc) is 2.73. The Hall–Kier alpha value is -0.940. The molecular weight excluding hydrogens is 218 g/mol. The minimum atomic E-state index is -0.515. The molecule has 0 unspecified atom stereocenters.